The third-order valence-electron chi connectivity index (χ3n) is 4.56. The van der Waals surface area contributed by atoms with Gasteiger partial charge < -0.3 is 0 Å². The average Bonchev–Trinajstić information content (AvgIpc) is 3.43. The molecule has 0 amide bonds. The Morgan fingerprint density at radius 2 is 1.74 bits per heavy atom. The van der Waals surface area contributed by atoms with Crippen LogP contribution in [0.4, 0.5) is 0 Å². The Hall–Kier alpha value is -1.43. The van der Waals surface area contributed by atoms with Crippen LogP contribution in [0.25, 0.3) is 11.3 Å². The van der Waals surface area contributed by atoms with Crippen molar-refractivity contribution < 1.29 is 0 Å². The van der Waals surface area contributed by atoms with E-state index in [0.717, 1.165) is 35.4 Å². The first-order valence-corrected chi connectivity index (χ1v) is 9.13. The van der Waals surface area contributed by atoms with E-state index in [1.165, 1.54) is 31.5 Å². The number of piperazine rings is 1. The summed E-state index contributed by atoms with van der Waals surface area (Å²) in [4.78, 5) is 2.63. The normalized spacial score (nSPS) is 19.9. The number of benzene rings is 1. The van der Waals surface area contributed by atoms with Gasteiger partial charge in [-0.3, -0.25) is 4.90 Å². The quantitative estimate of drug-likeness (QED) is 0.806. The molecule has 120 valence electrons. The first kappa shape index (κ1) is 15.1. The van der Waals surface area contributed by atoms with E-state index in [0.29, 0.717) is 0 Å². The molecule has 5 heteroatoms. The van der Waals surface area contributed by atoms with Gasteiger partial charge in [-0.2, -0.15) is 0 Å². The predicted octanol–water partition coefficient (Wildman–Crippen LogP) is 3.24. The van der Waals surface area contributed by atoms with Gasteiger partial charge in [-0.15, -0.1) is 10.2 Å². The molecule has 23 heavy (non-hydrogen) atoms. The second-order valence-electron chi connectivity index (χ2n) is 6.37. The minimum atomic E-state index is 0.883. The van der Waals surface area contributed by atoms with Crippen molar-refractivity contribution in [1.29, 1.82) is 0 Å². The van der Waals surface area contributed by atoms with Crippen molar-refractivity contribution in [3.05, 3.63) is 42.0 Å². The predicted molar refractivity (Wildman–Crippen MR) is 94.2 cm³/mol. The van der Waals surface area contributed by atoms with Crippen LogP contribution in [0.1, 0.15) is 18.4 Å². The van der Waals surface area contributed by atoms with Gasteiger partial charge in [-0.25, -0.2) is 4.31 Å². The molecule has 0 bridgehead atoms. The molecule has 1 aromatic carbocycles. The smallest absolute Gasteiger partial charge is 0.137 e. The maximum atomic E-state index is 4.47. The van der Waals surface area contributed by atoms with E-state index in [1.807, 2.05) is 18.2 Å². The van der Waals surface area contributed by atoms with Crippen LogP contribution in [0, 0.1) is 6.92 Å². The van der Waals surface area contributed by atoms with Crippen LogP contribution in [-0.4, -0.2) is 51.6 Å². The molecule has 0 N–H and O–H groups in total. The molecule has 2 aromatic rings. The molecule has 4 nitrogen and oxygen atoms in total. The number of nitrogens with zero attached hydrogens (tertiary/aromatic N) is 4. The minimum Gasteiger partial charge on any atom is -0.298 e. The molecule has 1 saturated heterocycles. The van der Waals surface area contributed by atoms with Gasteiger partial charge >= 0.3 is 0 Å². The van der Waals surface area contributed by atoms with Crippen molar-refractivity contribution in [3.63, 3.8) is 0 Å². The van der Waals surface area contributed by atoms with Gasteiger partial charge in [0.15, 0.2) is 0 Å². The molecule has 0 atom stereocenters. The zero-order valence-corrected chi connectivity index (χ0v) is 14.3. The Morgan fingerprint density at radius 1 is 1.00 bits per heavy atom. The van der Waals surface area contributed by atoms with Gasteiger partial charge in [0.2, 0.25) is 0 Å². The Balaban J connectivity index is 1.41. The first-order valence-electron chi connectivity index (χ1n) is 8.36. The lowest BCUT2D eigenvalue weighted by atomic mass is 10.1. The van der Waals surface area contributed by atoms with Crippen LogP contribution in [0.3, 0.4) is 0 Å². The first-order chi connectivity index (χ1) is 11.3. The van der Waals surface area contributed by atoms with Crippen molar-refractivity contribution in [3.8, 4) is 11.3 Å². The molecule has 0 radical (unpaired) electrons. The van der Waals surface area contributed by atoms with Crippen molar-refractivity contribution in [1.82, 2.24) is 19.4 Å². The summed E-state index contributed by atoms with van der Waals surface area (Å²) in [5, 5.41) is 9.93. The van der Waals surface area contributed by atoms with Crippen LogP contribution in [0.15, 0.2) is 41.4 Å². The van der Waals surface area contributed by atoms with E-state index in [1.54, 1.807) is 11.9 Å². The number of hydrogen-bond donors (Lipinski definition) is 0. The fourth-order valence-corrected chi connectivity index (χ4v) is 3.91. The number of rotatable bonds is 4. The molecule has 4 rings (SSSR count). The lowest BCUT2D eigenvalue weighted by Crippen LogP contribution is -2.44. The maximum absolute atomic E-state index is 4.47. The third-order valence-corrected chi connectivity index (χ3v) is 5.76. The van der Waals surface area contributed by atoms with Crippen molar-refractivity contribution >= 4 is 11.9 Å². The lowest BCUT2D eigenvalue weighted by Gasteiger charge is -2.33. The third kappa shape index (κ3) is 3.57. The van der Waals surface area contributed by atoms with Gasteiger partial charge in [-0.05, 0) is 43.3 Å². The number of aromatic nitrogens is 2. The largest absolute Gasteiger partial charge is 0.298 e. The molecule has 1 saturated carbocycles. The van der Waals surface area contributed by atoms with Crippen molar-refractivity contribution in [2.75, 3.05) is 26.2 Å². The van der Waals surface area contributed by atoms with E-state index in [2.05, 4.69) is 44.5 Å². The monoisotopic (exact) mass is 326 g/mol. The summed E-state index contributed by atoms with van der Waals surface area (Å²) in [6.07, 6.45) is 2.80. The van der Waals surface area contributed by atoms with E-state index < -0.39 is 0 Å². The van der Waals surface area contributed by atoms with Crippen LogP contribution in [0.5, 0.6) is 0 Å². The molecule has 2 fully saturated rings. The number of hydrogen-bond acceptors (Lipinski definition) is 5. The second-order valence-corrected chi connectivity index (χ2v) is 7.46. The fraction of sp³-hybridized carbons (Fsp3) is 0.444. The van der Waals surface area contributed by atoms with Gasteiger partial charge in [-0.1, -0.05) is 30.3 Å². The Morgan fingerprint density at radius 3 is 2.39 bits per heavy atom. The molecule has 2 heterocycles. The highest BCUT2D eigenvalue weighted by Gasteiger charge is 2.31. The van der Waals surface area contributed by atoms with Gasteiger partial charge in [0, 0.05) is 37.8 Å². The molecule has 0 unspecified atom stereocenters. The van der Waals surface area contributed by atoms with Crippen molar-refractivity contribution in [2.24, 2.45) is 0 Å². The van der Waals surface area contributed by atoms with E-state index >= 15 is 0 Å². The Kier molecular flexibility index (Phi) is 4.33. The highest BCUT2D eigenvalue weighted by molar-refractivity contribution is 7.97. The zero-order valence-electron chi connectivity index (χ0n) is 13.5. The highest BCUT2D eigenvalue weighted by atomic mass is 32.2. The standard InChI is InChI=1S/C18H22N4S/c1-14-13-17(15-5-3-2-4-6-15)19-20-18(14)23-22-11-9-21(10-12-22)16-7-8-16/h2-6,13,16H,7-12H2,1H3. The highest BCUT2D eigenvalue weighted by Crippen LogP contribution is 2.31. The van der Waals surface area contributed by atoms with Gasteiger partial charge in [0.1, 0.15) is 5.03 Å². The van der Waals surface area contributed by atoms with Gasteiger partial charge in [0.25, 0.3) is 0 Å². The summed E-state index contributed by atoms with van der Waals surface area (Å²) < 4.78 is 2.43. The number of aryl methyl sites for hydroxylation is 1. The summed E-state index contributed by atoms with van der Waals surface area (Å²) >= 11 is 1.76. The molecule has 0 spiro atoms. The summed E-state index contributed by atoms with van der Waals surface area (Å²) in [6, 6.07) is 13.3. The summed E-state index contributed by atoms with van der Waals surface area (Å²) in [7, 11) is 0. The molecule has 2 aliphatic rings. The molecular formula is C18H22N4S. The van der Waals surface area contributed by atoms with E-state index in [-0.39, 0.29) is 0 Å². The van der Waals surface area contributed by atoms with E-state index in [9.17, 15) is 0 Å². The Labute approximate surface area is 142 Å². The van der Waals surface area contributed by atoms with Crippen LogP contribution in [0.2, 0.25) is 0 Å². The zero-order chi connectivity index (χ0) is 15.6. The maximum Gasteiger partial charge on any atom is 0.137 e. The molecule has 1 aliphatic carbocycles. The fourth-order valence-electron chi connectivity index (χ4n) is 3.04. The van der Waals surface area contributed by atoms with Crippen LogP contribution < -0.4 is 0 Å². The lowest BCUT2D eigenvalue weighted by molar-refractivity contribution is 0.188. The summed E-state index contributed by atoms with van der Waals surface area (Å²) in [6.45, 7) is 6.73. The summed E-state index contributed by atoms with van der Waals surface area (Å²) in [5.74, 6) is 0. The SMILES string of the molecule is Cc1cc(-c2ccccc2)nnc1SN1CCN(C2CC2)CC1. The summed E-state index contributed by atoms with van der Waals surface area (Å²) in [5.41, 5.74) is 3.28. The molecule has 1 aromatic heterocycles. The molecule has 1 aliphatic heterocycles. The van der Waals surface area contributed by atoms with Crippen LogP contribution in [-0.2, 0) is 0 Å². The average molecular weight is 326 g/mol. The second kappa shape index (κ2) is 6.59. The van der Waals surface area contributed by atoms with Crippen molar-refractivity contribution in [2.45, 2.75) is 30.8 Å². The molecular weight excluding hydrogens is 304 g/mol. The van der Waals surface area contributed by atoms with E-state index in [4.69, 9.17) is 0 Å². The minimum absolute atomic E-state index is 0.883. The van der Waals surface area contributed by atoms with Gasteiger partial charge in [0.05, 0.1) is 5.69 Å². The topological polar surface area (TPSA) is 32.3 Å². The van der Waals surface area contributed by atoms with Crippen LogP contribution >= 0.6 is 11.9 Å². The Bertz CT molecular complexity index is 664.